The maximum absolute atomic E-state index is 6.33. The van der Waals surface area contributed by atoms with E-state index in [1.807, 2.05) is 18.2 Å². The van der Waals surface area contributed by atoms with Gasteiger partial charge in [-0.2, -0.15) is 0 Å². The van der Waals surface area contributed by atoms with Crippen molar-refractivity contribution in [1.82, 2.24) is 0 Å². The van der Waals surface area contributed by atoms with E-state index in [9.17, 15) is 0 Å². The Hall–Kier alpha value is -5.86. The van der Waals surface area contributed by atoms with Crippen LogP contribution in [0.15, 0.2) is 154 Å². The Balaban J connectivity index is 1.12. The summed E-state index contributed by atoms with van der Waals surface area (Å²) in [5.41, 5.74) is 8.27. The number of hydrogen-bond acceptors (Lipinski definition) is 2. The molecule has 0 atom stereocenters. The predicted molar refractivity (Wildman–Crippen MR) is 184 cm³/mol. The average molecular weight is 561 g/mol. The molecule has 2 aromatic heterocycles. The van der Waals surface area contributed by atoms with Crippen LogP contribution in [0.25, 0.3) is 98.4 Å². The molecule has 2 heterocycles. The normalized spacial score (nSPS) is 12.1. The Bertz CT molecular complexity index is 2740. The third-order valence-electron chi connectivity index (χ3n) is 9.24. The zero-order valence-corrected chi connectivity index (χ0v) is 23.7. The highest BCUT2D eigenvalue weighted by Gasteiger charge is 2.15. The highest BCUT2D eigenvalue weighted by molar-refractivity contribution is 6.25. The predicted octanol–water partition coefficient (Wildman–Crippen LogP) is 12.3. The van der Waals surface area contributed by atoms with Gasteiger partial charge in [-0.1, -0.05) is 103 Å². The van der Waals surface area contributed by atoms with E-state index in [-0.39, 0.29) is 0 Å². The fourth-order valence-corrected chi connectivity index (χ4v) is 7.14. The lowest BCUT2D eigenvalue weighted by Gasteiger charge is -2.12. The molecule has 0 aliphatic carbocycles. The van der Waals surface area contributed by atoms with E-state index in [0.717, 1.165) is 49.4 Å². The van der Waals surface area contributed by atoms with Crippen LogP contribution in [0.2, 0.25) is 0 Å². The summed E-state index contributed by atoms with van der Waals surface area (Å²) in [6.45, 7) is 0. The second-order valence-corrected chi connectivity index (χ2v) is 11.7. The second-order valence-electron chi connectivity index (χ2n) is 11.7. The molecule has 0 radical (unpaired) electrons. The molecule has 0 unspecified atom stereocenters. The van der Waals surface area contributed by atoms with Crippen molar-refractivity contribution < 1.29 is 8.83 Å². The van der Waals surface area contributed by atoms with Gasteiger partial charge < -0.3 is 8.83 Å². The van der Waals surface area contributed by atoms with Crippen LogP contribution in [-0.2, 0) is 0 Å². The van der Waals surface area contributed by atoms with E-state index in [4.69, 9.17) is 8.83 Å². The van der Waals surface area contributed by atoms with Crippen molar-refractivity contribution in [2.24, 2.45) is 0 Å². The van der Waals surface area contributed by atoms with E-state index in [1.54, 1.807) is 0 Å². The van der Waals surface area contributed by atoms with Gasteiger partial charge in [-0.3, -0.25) is 0 Å². The first-order valence-electron chi connectivity index (χ1n) is 15.0. The summed E-state index contributed by atoms with van der Waals surface area (Å²) in [4.78, 5) is 0. The first-order valence-corrected chi connectivity index (χ1v) is 15.0. The molecule has 8 aromatic carbocycles. The first-order chi connectivity index (χ1) is 21.8. The SMILES string of the molecule is c1cc(-c2ccc3oc4cc5c(cc4c3c2)oc2ccccc25)cc(-c2ccc3c4ccccc4c4ccccc4c3c2)c1. The lowest BCUT2D eigenvalue weighted by atomic mass is 9.91. The van der Waals surface area contributed by atoms with Crippen LogP contribution in [0.1, 0.15) is 0 Å². The Morgan fingerprint density at radius 1 is 0.227 bits per heavy atom. The van der Waals surface area contributed by atoms with Gasteiger partial charge in [-0.15, -0.1) is 0 Å². The Kier molecular flexibility index (Phi) is 4.75. The van der Waals surface area contributed by atoms with Gasteiger partial charge in [0.05, 0.1) is 0 Å². The zero-order chi connectivity index (χ0) is 28.8. The van der Waals surface area contributed by atoms with Gasteiger partial charge in [0.25, 0.3) is 0 Å². The number of para-hydroxylation sites is 1. The van der Waals surface area contributed by atoms with Crippen molar-refractivity contribution in [3.8, 4) is 22.3 Å². The summed E-state index contributed by atoms with van der Waals surface area (Å²) in [6, 6.07) is 52.1. The summed E-state index contributed by atoms with van der Waals surface area (Å²) >= 11 is 0. The van der Waals surface area contributed by atoms with Crippen LogP contribution in [0.5, 0.6) is 0 Å². The zero-order valence-electron chi connectivity index (χ0n) is 23.7. The van der Waals surface area contributed by atoms with Crippen LogP contribution in [0.4, 0.5) is 0 Å². The molecule has 0 aliphatic heterocycles. The third kappa shape index (κ3) is 3.37. The van der Waals surface area contributed by atoms with E-state index in [0.29, 0.717) is 0 Å². The largest absolute Gasteiger partial charge is 0.456 e. The van der Waals surface area contributed by atoms with Crippen molar-refractivity contribution in [2.75, 3.05) is 0 Å². The van der Waals surface area contributed by atoms with Crippen LogP contribution < -0.4 is 0 Å². The summed E-state index contributed by atoms with van der Waals surface area (Å²) in [5.74, 6) is 0. The molecule has 10 rings (SSSR count). The molecule has 10 aromatic rings. The molecule has 204 valence electrons. The van der Waals surface area contributed by atoms with Crippen molar-refractivity contribution in [2.45, 2.75) is 0 Å². The lowest BCUT2D eigenvalue weighted by molar-refractivity contribution is 0.664. The Labute approximate surface area is 252 Å². The monoisotopic (exact) mass is 560 g/mol. The molecule has 0 bridgehead atoms. The second kappa shape index (κ2) is 8.82. The molecule has 0 saturated heterocycles. The minimum Gasteiger partial charge on any atom is -0.456 e. The van der Waals surface area contributed by atoms with Crippen molar-refractivity contribution in [3.05, 3.63) is 146 Å². The van der Waals surface area contributed by atoms with Gasteiger partial charge in [0.15, 0.2) is 0 Å². The Morgan fingerprint density at radius 3 is 1.32 bits per heavy atom. The standard InChI is InChI=1S/C42H24O2/c1-2-12-31-29(10-1)30-11-3-4-13-32(30)35-21-27(16-18-33(31)35)25-8-7-9-26(20-25)28-17-19-40-36(22-28)38-24-41-37(23-42(38)44-40)34-14-5-6-15-39(34)43-41/h1-24H. The molecule has 0 amide bonds. The van der Waals surface area contributed by atoms with Crippen molar-refractivity contribution in [1.29, 1.82) is 0 Å². The maximum atomic E-state index is 6.33. The number of hydrogen-bond donors (Lipinski definition) is 0. The minimum absolute atomic E-state index is 0.876. The van der Waals surface area contributed by atoms with E-state index in [1.165, 1.54) is 49.0 Å². The van der Waals surface area contributed by atoms with Crippen LogP contribution in [0.3, 0.4) is 0 Å². The van der Waals surface area contributed by atoms with Crippen LogP contribution >= 0.6 is 0 Å². The van der Waals surface area contributed by atoms with Gasteiger partial charge in [0, 0.05) is 21.5 Å². The van der Waals surface area contributed by atoms with Crippen molar-refractivity contribution in [3.63, 3.8) is 0 Å². The molecule has 0 N–H and O–H groups in total. The summed E-state index contributed by atoms with van der Waals surface area (Å²) in [7, 11) is 0. The molecule has 0 aliphatic rings. The topological polar surface area (TPSA) is 26.3 Å². The van der Waals surface area contributed by atoms with E-state index >= 15 is 0 Å². The van der Waals surface area contributed by atoms with Gasteiger partial charge >= 0.3 is 0 Å². The van der Waals surface area contributed by atoms with Crippen LogP contribution in [0, 0.1) is 0 Å². The lowest BCUT2D eigenvalue weighted by Crippen LogP contribution is -1.85. The molecule has 2 heteroatoms. The first kappa shape index (κ1) is 23.7. The molecule has 0 saturated carbocycles. The van der Waals surface area contributed by atoms with Gasteiger partial charge in [0.2, 0.25) is 0 Å². The van der Waals surface area contributed by atoms with E-state index < -0.39 is 0 Å². The van der Waals surface area contributed by atoms with Crippen LogP contribution in [-0.4, -0.2) is 0 Å². The average Bonchev–Trinajstić information content (AvgIpc) is 3.64. The van der Waals surface area contributed by atoms with Gasteiger partial charge in [0.1, 0.15) is 22.3 Å². The number of benzene rings is 8. The fourth-order valence-electron chi connectivity index (χ4n) is 7.14. The quantitative estimate of drug-likeness (QED) is 0.197. The summed E-state index contributed by atoms with van der Waals surface area (Å²) in [6.07, 6.45) is 0. The summed E-state index contributed by atoms with van der Waals surface area (Å²) < 4.78 is 12.5. The van der Waals surface area contributed by atoms with E-state index in [2.05, 4.69) is 127 Å². The molecule has 2 nitrogen and oxygen atoms in total. The number of fused-ring (bicyclic) bond motifs is 12. The highest BCUT2D eigenvalue weighted by atomic mass is 16.3. The summed E-state index contributed by atoms with van der Waals surface area (Å²) in [5, 5.41) is 12.1. The van der Waals surface area contributed by atoms with Gasteiger partial charge in [-0.05, 0) is 97.0 Å². The van der Waals surface area contributed by atoms with Crippen molar-refractivity contribution >= 4 is 76.2 Å². The number of furan rings is 2. The highest BCUT2D eigenvalue weighted by Crippen LogP contribution is 2.40. The molecular weight excluding hydrogens is 536 g/mol. The fraction of sp³-hybridized carbons (Fsp3) is 0. The maximum Gasteiger partial charge on any atom is 0.136 e. The number of rotatable bonds is 2. The molecule has 0 spiro atoms. The van der Waals surface area contributed by atoms with Gasteiger partial charge in [-0.25, -0.2) is 0 Å². The molecule has 0 fully saturated rings. The smallest absolute Gasteiger partial charge is 0.136 e. The Morgan fingerprint density at radius 2 is 0.659 bits per heavy atom. The third-order valence-corrected chi connectivity index (χ3v) is 9.24. The molecular formula is C42H24O2. The molecule has 44 heavy (non-hydrogen) atoms. The minimum atomic E-state index is 0.876.